The molecule has 0 saturated heterocycles. The number of carboxylic acids is 1. The van der Waals surface area contributed by atoms with Gasteiger partial charge in [0.2, 0.25) is 5.88 Å². The van der Waals surface area contributed by atoms with Gasteiger partial charge in [-0.05, 0) is 19.1 Å². The van der Waals surface area contributed by atoms with Gasteiger partial charge in [-0.2, -0.15) is 10.4 Å². The van der Waals surface area contributed by atoms with E-state index >= 15 is 0 Å². The fourth-order valence-electron chi connectivity index (χ4n) is 1.80. The van der Waals surface area contributed by atoms with E-state index in [9.17, 15) is 9.18 Å². The standard InChI is InChI=1S/C13H10FN3O3/c1-7-11(13(18)19)12(17(2)16-7)20-10-5-3-4-9(14)8(10)6-15/h3-5H,1-2H3,(H,18,19). The number of nitrogens with zero attached hydrogens (tertiary/aromatic N) is 3. The van der Waals surface area contributed by atoms with Gasteiger partial charge in [-0.3, -0.25) is 0 Å². The van der Waals surface area contributed by atoms with Crippen molar-refractivity contribution in [1.82, 2.24) is 9.78 Å². The summed E-state index contributed by atoms with van der Waals surface area (Å²) in [5, 5.41) is 22.0. The van der Waals surface area contributed by atoms with Crippen molar-refractivity contribution in [3.8, 4) is 17.7 Å². The van der Waals surface area contributed by atoms with Crippen LogP contribution in [0.15, 0.2) is 18.2 Å². The number of ether oxygens (including phenoxy) is 1. The Morgan fingerprint density at radius 2 is 2.25 bits per heavy atom. The molecule has 6 nitrogen and oxygen atoms in total. The molecule has 2 rings (SSSR count). The zero-order valence-electron chi connectivity index (χ0n) is 10.7. The number of hydrogen-bond donors (Lipinski definition) is 1. The molecule has 0 spiro atoms. The van der Waals surface area contributed by atoms with Crippen LogP contribution >= 0.6 is 0 Å². The Morgan fingerprint density at radius 3 is 2.85 bits per heavy atom. The molecular formula is C13H10FN3O3. The lowest BCUT2D eigenvalue weighted by Gasteiger charge is -2.08. The molecule has 0 radical (unpaired) electrons. The van der Waals surface area contributed by atoms with Crippen LogP contribution in [-0.4, -0.2) is 20.9 Å². The Balaban J connectivity index is 2.54. The van der Waals surface area contributed by atoms with Crippen LogP contribution in [0, 0.1) is 24.1 Å². The summed E-state index contributed by atoms with van der Waals surface area (Å²) in [4.78, 5) is 11.2. The topological polar surface area (TPSA) is 88.1 Å². The molecule has 2 aromatic rings. The maximum absolute atomic E-state index is 13.5. The number of aryl methyl sites for hydroxylation is 2. The van der Waals surface area contributed by atoms with Crippen LogP contribution in [-0.2, 0) is 7.05 Å². The Labute approximate surface area is 113 Å². The van der Waals surface area contributed by atoms with Gasteiger partial charge >= 0.3 is 5.97 Å². The van der Waals surface area contributed by atoms with Crippen LogP contribution in [0.2, 0.25) is 0 Å². The molecule has 0 bridgehead atoms. The SMILES string of the molecule is Cc1nn(C)c(Oc2cccc(F)c2C#N)c1C(=O)O. The van der Waals surface area contributed by atoms with Crippen molar-refractivity contribution < 1.29 is 19.0 Å². The molecule has 0 aliphatic carbocycles. The maximum atomic E-state index is 13.5. The van der Waals surface area contributed by atoms with Crippen molar-refractivity contribution >= 4 is 5.97 Å². The van der Waals surface area contributed by atoms with E-state index in [1.165, 1.54) is 30.8 Å². The van der Waals surface area contributed by atoms with Crippen LogP contribution in [0.1, 0.15) is 21.6 Å². The third-order valence-electron chi connectivity index (χ3n) is 2.68. The number of carbonyl (C=O) groups is 1. The third kappa shape index (κ3) is 2.19. The smallest absolute Gasteiger partial charge is 0.343 e. The highest BCUT2D eigenvalue weighted by Gasteiger charge is 2.23. The van der Waals surface area contributed by atoms with Crippen molar-refractivity contribution in [2.24, 2.45) is 7.05 Å². The predicted molar refractivity (Wildman–Crippen MR) is 66.1 cm³/mol. The molecule has 0 aliphatic rings. The Morgan fingerprint density at radius 1 is 1.55 bits per heavy atom. The Hall–Kier alpha value is -2.88. The first-order chi connectivity index (χ1) is 9.45. The lowest BCUT2D eigenvalue weighted by atomic mass is 10.2. The van der Waals surface area contributed by atoms with Crippen LogP contribution < -0.4 is 4.74 Å². The Bertz CT molecular complexity index is 731. The molecular weight excluding hydrogens is 265 g/mol. The van der Waals surface area contributed by atoms with Crippen molar-refractivity contribution in [2.45, 2.75) is 6.92 Å². The van der Waals surface area contributed by atoms with Gasteiger partial charge in [0.25, 0.3) is 0 Å². The normalized spacial score (nSPS) is 10.1. The molecule has 1 heterocycles. The molecule has 1 aromatic carbocycles. The fourth-order valence-corrected chi connectivity index (χ4v) is 1.80. The number of benzene rings is 1. The van der Waals surface area contributed by atoms with Gasteiger partial charge in [0.15, 0.2) is 0 Å². The fraction of sp³-hybridized carbons (Fsp3) is 0.154. The van der Waals surface area contributed by atoms with E-state index in [4.69, 9.17) is 15.1 Å². The van der Waals surface area contributed by atoms with Gasteiger partial charge in [-0.1, -0.05) is 6.07 Å². The minimum atomic E-state index is -1.21. The van der Waals surface area contributed by atoms with Crippen molar-refractivity contribution in [3.05, 3.63) is 40.8 Å². The summed E-state index contributed by atoms with van der Waals surface area (Å²) in [6, 6.07) is 5.56. The van der Waals surface area contributed by atoms with E-state index in [1.54, 1.807) is 6.07 Å². The van der Waals surface area contributed by atoms with Crippen molar-refractivity contribution in [3.63, 3.8) is 0 Å². The Kier molecular flexibility index (Phi) is 3.39. The van der Waals surface area contributed by atoms with Crippen molar-refractivity contribution in [2.75, 3.05) is 0 Å². The molecule has 0 aliphatic heterocycles. The highest BCUT2D eigenvalue weighted by Crippen LogP contribution is 2.30. The van der Waals surface area contributed by atoms with E-state index in [2.05, 4.69) is 5.10 Å². The number of rotatable bonds is 3. The van der Waals surface area contributed by atoms with Gasteiger partial charge in [0.05, 0.1) is 5.69 Å². The molecule has 0 fully saturated rings. The van der Waals surface area contributed by atoms with Crippen molar-refractivity contribution in [1.29, 1.82) is 5.26 Å². The molecule has 0 atom stereocenters. The summed E-state index contributed by atoms with van der Waals surface area (Å²) < 4.78 is 20.1. The van der Waals surface area contributed by atoms with Crippen LogP contribution in [0.4, 0.5) is 4.39 Å². The number of aromatic nitrogens is 2. The summed E-state index contributed by atoms with van der Waals surface area (Å²) in [5.41, 5.74) is -0.145. The average Bonchev–Trinajstić information content (AvgIpc) is 2.64. The minimum Gasteiger partial charge on any atom is -0.477 e. The van der Waals surface area contributed by atoms with Gasteiger partial charge < -0.3 is 9.84 Å². The van der Waals surface area contributed by atoms with Gasteiger partial charge in [-0.25, -0.2) is 13.9 Å². The van der Waals surface area contributed by atoms with E-state index < -0.39 is 11.8 Å². The number of halogens is 1. The molecule has 7 heteroatoms. The zero-order valence-corrected chi connectivity index (χ0v) is 10.7. The highest BCUT2D eigenvalue weighted by molar-refractivity contribution is 5.91. The largest absolute Gasteiger partial charge is 0.477 e. The molecule has 20 heavy (non-hydrogen) atoms. The van der Waals surface area contributed by atoms with Crippen LogP contribution in [0.5, 0.6) is 11.6 Å². The summed E-state index contributed by atoms with van der Waals surface area (Å²) in [5.74, 6) is -2.06. The quantitative estimate of drug-likeness (QED) is 0.927. The van der Waals surface area contributed by atoms with Crippen LogP contribution in [0.3, 0.4) is 0 Å². The number of nitriles is 1. The number of carboxylic acid groups (broad SMARTS) is 1. The third-order valence-corrected chi connectivity index (χ3v) is 2.68. The first-order valence-corrected chi connectivity index (χ1v) is 5.59. The summed E-state index contributed by atoms with van der Waals surface area (Å²) in [6.07, 6.45) is 0. The van der Waals surface area contributed by atoms with E-state index in [-0.39, 0.29) is 28.5 Å². The zero-order chi connectivity index (χ0) is 14.9. The lowest BCUT2D eigenvalue weighted by Crippen LogP contribution is -2.03. The molecule has 0 amide bonds. The number of hydrogen-bond acceptors (Lipinski definition) is 4. The molecule has 1 aromatic heterocycles. The molecule has 1 N–H and O–H groups in total. The second-order valence-corrected chi connectivity index (χ2v) is 4.02. The minimum absolute atomic E-state index is 0.0574. The first kappa shape index (κ1) is 13.5. The first-order valence-electron chi connectivity index (χ1n) is 5.59. The summed E-state index contributed by atoms with van der Waals surface area (Å²) in [6.45, 7) is 1.52. The average molecular weight is 275 g/mol. The second-order valence-electron chi connectivity index (χ2n) is 4.02. The van der Waals surface area contributed by atoms with E-state index in [0.717, 1.165) is 6.07 Å². The number of aromatic carboxylic acids is 1. The van der Waals surface area contributed by atoms with Crippen LogP contribution in [0.25, 0.3) is 0 Å². The lowest BCUT2D eigenvalue weighted by molar-refractivity contribution is 0.0693. The molecule has 0 saturated carbocycles. The van der Waals surface area contributed by atoms with Gasteiger partial charge in [0.1, 0.15) is 28.8 Å². The molecule has 0 unspecified atom stereocenters. The second kappa shape index (κ2) is 5.01. The summed E-state index contributed by atoms with van der Waals surface area (Å²) in [7, 11) is 1.50. The summed E-state index contributed by atoms with van der Waals surface area (Å²) >= 11 is 0. The monoisotopic (exact) mass is 275 g/mol. The van der Waals surface area contributed by atoms with Gasteiger partial charge in [-0.15, -0.1) is 0 Å². The predicted octanol–water partition coefficient (Wildman–Crippen LogP) is 2.23. The van der Waals surface area contributed by atoms with Gasteiger partial charge in [0, 0.05) is 7.05 Å². The highest BCUT2D eigenvalue weighted by atomic mass is 19.1. The van der Waals surface area contributed by atoms with E-state index in [1.807, 2.05) is 0 Å². The van der Waals surface area contributed by atoms with E-state index in [0.29, 0.717) is 0 Å². The maximum Gasteiger partial charge on any atom is 0.343 e. The molecule has 102 valence electrons.